The Morgan fingerprint density at radius 3 is 2.48 bits per heavy atom. The zero-order valence-corrected chi connectivity index (χ0v) is 15.2. The van der Waals surface area contributed by atoms with Crippen LogP contribution in [0.25, 0.3) is 0 Å². The van der Waals surface area contributed by atoms with Crippen LogP contribution >= 0.6 is 0 Å². The van der Waals surface area contributed by atoms with Gasteiger partial charge in [0.05, 0.1) is 19.0 Å². The fraction of sp³-hybridized carbons (Fsp3) is 0.706. The van der Waals surface area contributed by atoms with Gasteiger partial charge >= 0.3 is 6.18 Å². The van der Waals surface area contributed by atoms with Crippen molar-refractivity contribution < 1.29 is 22.7 Å². The molecule has 2 saturated heterocycles. The molecule has 0 aliphatic carbocycles. The molecular weight excluding hydrogens is 363 g/mol. The van der Waals surface area contributed by atoms with E-state index in [9.17, 15) is 18.0 Å². The van der Waals surface area contributed by atoms with Crippen molar-refractivity contribution in [2.45, 2.75) is 50.6 Å². The van der Waals surface area contributed by atoms with Gasteiger partial charge in [0.1, 0.15) is 11.9 Å². The van der Waals surface area contributed by atoms with E-state index in [1.54, 1.807) is 0 Å². The summed E-state index contributed by atoms with van der Waals surface area (Å²) in [4.78, 5) is 23.6. The first-order valence-corrected chi connectivity index (χ1v) is 9.07. The molecule has 3 heterocycles. The smallest absolute Gasteiger partial charge is 0.367 e. The average molecular weight is 387 g/mol. The van der Waals surface area contributed by atoms with Crippen molar-refractivity contribution in [2.24, 2.45) is 5.73 Å². The predicted molar refractivity (Wildman–Crippen MR) is 92.0 cm³/mol. The van der Waals surface area contributed by atoms with Gasteiger partial charge in [-0.25, -0.2) is 9.97 Å². The maximum atomic E-state index is 12.6. The molecule has 0 saturated carbocycles. The van der Waals surface area contributed by atoms with E-state index in [1.165, 1.54) is 0 Å². The second-order valence-corrected chi connectivity index (χ2v) is 7.10. The molecule has 0 bridgehead atoms. The first kappa shape index (κ1) is 19.8. The second-order valence-electron chi connectivity index (χ2n) is 7.10. The third-order valence-corrected chi connectivity index (χ3v) is 4.91. The summed E-state index contributed by atoms with van der Waals surface area (Å²) in [7, 11) is 0. The Labute approximate surface area is 155 Å². The van der Waals surface area contributed by atoms with Gasteiger partial charge in [0.25, 0.3) is 5.91 Å². The van der Waals surface area contributed by atoms with Gasteiger partial charge in [0.15, 0.2) is 5.69 Å². The van der Waals surface area contributed by atoms with E-state index in [-0.39, 0.29) is 18.0 Å². The molecule has 2 unspecified atom stereocenters. The number of rotatable bonds is 5. The van der Waals surface area contributed by atoms with Crippen molar-refractivity contribution in [3.05, 3.63) is 18.1 Å². The summed E-state index contributed by atoms with van der Waals surface area (Å²) in [5.74, 6) is 0.427. The zero-order valence-electron chi connectivity index (χ0n) is 15.2. The van der Waals surface area contributed by atoms with Crippen LogP contribution in [0, 0.1) is 0 Å². The first-order chi connectivity index (χ1) is 12.8. The van der Waals surface area contributed by atoms with Crippen LogP contribution in [0.15, 0.2) is 12.4 Å². The highest BCUT2D eigenvalue weighted by Crippen LogP contribution is 2.29. The lowest BCUT2D eigenvalue weighted by atomic mass is 10.0. The van der Waals surface area contributed by atoms with E-state index in [2.05, 4.69) is 9.97 Å². The van der Waals surface area contributed by atoms with E-state index in [0.717, 1.165) is 25.2 Å². The molecule has 2 N–H and O–H groups in total. The number of halogens is 3. The zero-order chi connectivity index (χ0) is 19.6. The highest BCUT2D eigenvalue weighted by Gasteiger charge is 2.38. The Hall–Kier alpha value is -1.94. The number of carbonyl (C=O) groups excluding carboxylic acids is 1. The number of aromatic nitrogens is 2. The van der Waals surface area contributed by atoms with E-state index in [4.69, 9.17) is 10.5 Å². The summed E-state index contributed by atoms with van der Waals surface area (Å²) in [6.45, 7) is 4.07. The molecule has 27 heavy (non-hydrogen) atoms. The van der Waals surface area contributed by atoms with Crippen molar-refractivity contribution in [3.8, 4) is 0 Å². The van der Waals surface area contributed by atoms with E-state index in [0.29, 0.717) is 38.5 Å². The number of piperidine rings is 1. The molecule has 2 aliphatic rings. The van der Waals surface area contributed by atoms with Gasteiger partial charge in [0, 0.05) is 38.1 Å². The molecule has 150 valence electrons. The number of nitrogens with zero attached hydrogens (tertiary/aromatic N) is 4. The Balaban J connectivity index is 1.52. The van der Waals surface area contributed by atoms with Crippen LogP contribution in [0.3, 0.4) is 0 Å². The lowest BCUT2D eigenvalue weighted by Gasteiger charge is -2.37. The monoisotopic (exact) mass is 387 g/mol. The highest BCUT2D eigenvalue weighted by molar-refractivity contribution is 5.83. The maximum absolute atomic E-state index is 12.6. The number of nitrogens with two attached hydrogens (primary N) is 1. The third-order valence-electron chi connectivity index (χ3n) is 4.91. The van der Waals surface area contributed by atoms with Gasteiger partial charge in [-0.15, -0.1) is 0 Å². The molecule has 1 amide bonds. The van der Waals surface area contributed by atoms with Gasteiger partial charge in [-0.2, -0.15) is 13.2 Å². The molecule has 10 heteroatoms. The molecule has 2 atom stereocenters. The molecular formula is C17H24F3N5O2. The molecule has 0 aromatic carbocycles. The lowest BCUT2D eigenvalue weighted by Crippen LogP contribution is -2.47. The summed E-state index contributed by atoms with van der Waals surface area (Å²) in [6, 6.07) is -0.00000934. The Morgan fingerprint density at radius 2 is 1.93 bits per heavy atom. The third kappa shape index (κ3) is 4.67. The number of carbonyl (C=O) groups is 1. The van der Waals surface area contributed by atoms with Crippen LogP contribution in [0.2, 0.25) is 0 Å². The molecule has 2 fully saturated rings. The van der Waals surface area contributed by atoms with Crippen molar-refractivity contribution in [2.75, 3.05) is 31.1 Å². The summed E-state index contributed by atoms with van der Waals surface area (Å²) >= 11 is 0. The van der Waals surface area contributed by atoms with Crippen molar-refractivity contribution in [1.29, 1.82) is 0 Å². The molecule has 1 aromatic heterocycles. The predicted octanol–water partition coefficient (Wildman–Crippen LogP) is 1.43. The molecule has 3 rings (SSSR count). The van der Waals surface area contributed by atoms with Crippen molar-refractivity contribution in [1.82, 2.24) is 14.9 Å². The van der Waals surface area contributed by atoms with E-state index < -0.39 is 18.0 Å². The summed E-state index contributed by atoms with van der Waals surface area (Å²) < 4.78 is 43.3. The molecule has 1 aromatic rings. The normalized spacial score (nSPS) is 23.1. The quantitative estimate of drug-likeness (QED) is 0.823. The fourth-order valence-electron chi connectivity index (χ4n) is 3.50. The molecule has 0 spiro atoms. The van der Waals surface area contributed by atoms with Crippen LogP contribution in [0.5, 0.6) is 0 Å². The van der Waals surface area contributed by atoms with Crippen LogP contribution in [-0.2, 0) is 15.7 Å². The number of alkyl halides is 3. The van der Waals surface area contributed by atoms with Crippen LogP contribution in [0.1, 0.15) is 31.9 Å². The van der Waals surface area contributed by atoms with Gasteiger partial charge in [-0.1, -0.05) is 0 Å². The lowest BCUT2D eigenvalue weighted by molar-refractivity contribution is -0.141. The second kappa shape index (κ2) is 7.97. The number of ether oxygens (including phenoxy) is 1. The van der Waals surface area contributed by atoms with Crippen molar-refractivity contribution >= 4 is 11.7 Å². The number of likely N-dealkylation sites (tertiary alicyclic amines) is 1. The Kier molecular flexibility index (Phi) is 5.85. The highest BCUT2D eigenvalue weighted by atomic mass is 19.4. The van der Waals surface area contributed by atoms with Crippen LogP contribution < -0.4 is 10.6 Å². The van der Waals surface area contributed by atoms with Crippen LogP contribution in [0.4, 0.5) is 19.0 Å². The van der Waals surface area contributed by atoms with Gasteiger partial charge in [-0.05, 0) is 19.8 Å². The largest absolute Gasteiger partial charge is 0.434 e. The number of amides is 1. The number of hydrogen-bond acceptors (Lipinski definition) is 6. The van der Waals surface area contributed by atoms with Crippen molar-refractivity contribution in [3.63, 3.8) is 0 Å². The topological polar surface area (TPSA) is 84.6 Å². The SMILES string of the molecule is CC(N)COC1CCN(C2CCN(c3cnc(C(F)(F)F)cn3)CC2)C1=O. The average Bonchev–Trinajstić information content (AvgIpc) is 3.00. The maximum Gasteiger partial charge on any atom is 0.434 e. The minimum atomic E-state index is -4.49. The first-order valence-electron chi connectivity index (χ1n) is 9.07. The Morgan fingerprint density at radius 1 is 1.22 bits per heavy atom. The fourth-order valence-corrected chi connectivity index (χ4v) is 3.50. The minimum Gasteiger partial charge on any atom is -0.367 e. The van der Waals surface area contributed by atoms with Gasteiger partial charge < -0.3 is 20.3 Å². The molecule has 0 radical (unpaired) electrons. The molecule has 2 aliphatic heterocycles. The summed E-state index contributed by atoms with van der Waals surface area (Å²) in [5.41, 5.74) is 4.67. The number of anilines is 1. The Bertz CT molecular complexity index is 645. The van der Waals surface area contributed by atoms with Gasteiger partial charge in [-0.3, -0.25) is 4.79 Å². The van der Waals surface area contributed by atoms with Gasteiger partial charge in [0.2, 0.25) is 0 Å². The minimum absolute atomic E-state index is 0.00317. The summed E-state index contributed by atoms with van der Waals surface area (Å²) in [6.07, 6.45) is -0.878. The summed E-state index contributed by atoms with van der Waals surface area (Å²) in [5, 5.41) is 0. The molecule has 7 nitrogen and oxygen atoms in total. The standard InChI is InChI=1S/C17H24F3N5O2/c1-11(21)10-27-13-4-7-25(16(13)26)12-2-5-24(6-3-12)15-9-22-14(8-23-15)17(18,19)20/h8-9,11-13H,2-7,10,21H2,1H3. The number of hydrogen-bond donors (Lipinski definition) is 1. The van der Waals surface area contributed by atoms with Crippen LogP contribution in [-0.4, -0.2) is 65.2 Å². The van der Waals surface area contributed by atoms with E-state index >= 15 is 0 Å². The van der Waals surface area contributed by atoms with E-state index in [1.807, 2.05) is 16.7 Å².